The Morgan fingerprint density at radius 2 is 2.25 bits per heavy atom. The highest BCUT2D eigenvalue weighted by Gasteiger charge is 2.14. The van der Waals surface area contributed by atoms with Gasteiger partial charge in [-0.2, -0.15) is 0 Å². The highest BCUT2D eigenvalue weighted by molar-refractivity contribution is 5.85. The van der Waals surface area contributed by atoms with Gasteiger partial charge >= 0.3 is 11.9 Å². The number of hydrogen-bond donors (Lipinski definition) is 1. The van der Waals surface area contributed by atoms with E-state index in [-0.39, 0.29) is 0 Å². The fraction of sp³-hybridized carbons (Fsp3) is 0.333. The maximum absolute atomic E-state index is 11.2. The molecule has 1 aliphatic rings. The Bertz CT molecular complexity index is 363. The van der Waals surface area contributed by atoms with Crippen molar-refractivity contribution >= 4 is 11.9 Å². The molecular weight excluding hydrogens is 208 g/mol. The van der Waals surface area contributed by atoms with Crippen molar-refractivity contribution in [2.24, 2.45) is 0 Å². The van der Waals surface area contributed by atoms with Crippen LogP contribution in [-0.4, -0.2) is 23.1 Å². The highest BCUT2D eigenvalue weighted by Crippen LogP contribution is 2.10. The van der Waals surface area contributed by atoms with Gasteiger partial charge < -0.3 is 9.84 Å². The van der Waals surface area contributed by atoms with Crippen molar-refractivity contribution < 1.29 is 19.4 Å². The topological polar surface area (TPSA) is 63.6 Å². The minimum atomic E-state index is -1.15. The van der Waals surface area contributed by atoms with Gasteiger partial charge in [0.15, 0.2) is 6.10 Å². The van der Waals surface area contributed by atoms with E-state index in [1.54, 1.807) is 6.08 Å². The summed E-state index contributed by atoms with van der Waals surface area (Å²) in [5.74, 6) is -1.80. The van der Waals surface area contributed by atoms with E-state index < -0.39 is 18.0 Å². The summed E-state index contributed by atoms with van der Waals surface area (Å²) >= 11 is 0. The maximum Gasteiger partial charge on any atom is 0.344 e. The third-order valence-electron chi connectivity index (χ3n) is 2.08. The number of esters is 1. The highest BCUT2D eigenvalue weighted by atomic mass is 16.6. The molecular formula is C12H14O4. The van der Waals surface area contributed by atoms with Gasteiger partial charge in [0.2, 0.25) is 0 Å². The molecule has 0 amide bonds. The summed E-state index contributed by atoms with van der Waals surface area (Å²) in [6.07, 6.45) is 9.64. The third kappa shape index (κ3) is 4.13. The van der Waals surface area contributed by atoms with Crippen LogP contribution in [0.25, 0.3) is 0 Å². The molecule has 0 spiro atoms. The maximum atomic E-state index is 11.2. The number of rotatable bonds is 4. The van der Waals surface area contributed by atoms with Crippen molar-refractivity contribution in [3.05, 3.63) is 36.0 Å². The van der Waals surface area contributed by atoms with Crippen LogP contribution in [0, 0.1) is 0 Å². The zero-order chi connectivity index (χ0) is 12.0. The summed E-state index contributed by atoms with van der Waals surface area (Å²) in [5, 5.41) is 8.52. The molecule has 1 rings (SSSR count). The molecule has 1 atom stereocenters. The molecule has 0 aromatic carbocycles. The lowest BCUT2D eigenvalue weighted by atomic mass is 10.1. The molecule has 0 aromatic rings. The summed E-state index contributed by atoms with van der Waals surface area (Å²) in [5.41, 5.74) is 0.936. The first-order chi connectivity index (χ1) is 7.59. The molecule has 16 heavy (non-hydrogen) atoms. The molecule has 0 bridgehead atoms. The zero-order valence-electron chi connectivity index (χ0n) is 9.05. The second-order valence-corrected chi connectivity index (χ2v) is 3.43. The Labute approximate surface area is 93.9 Å². The van der Waals surface area contributed by atoms with E-state index in [0.717, 1.165) is 18.4 Å². The first-order valence-corrected chi connectivity index (χ1v) is 5.08. The van der Waals surface area contributed by atoms with Gasteiger partial charge in [0.1, 0.15) is 0 Å². The van der Waals surface area contributed by atoms with Gasteiger partial charge in [-0.1, -0.05) is 18.2 Å². The second-order valence-electron chi connectivity index (χ2n) is 3.43. The second kappa shape index (κ2) is 5.90. The third-order valence-corrected chi connectivity index (χ3v) is 2.08. The van der Waals surface area contributed by atoms with Gasteiger partial charge in [-0.05, 0) is 31.4 Å². The van der Waals surface area contributed by atoms with E-state index in [0.29, 0.717) is 0 Å². The first-order valence-electron chi connectivity index (χ1n) is 5.08. The number of carbonyl (C=O) groups is 2. The van der Waals surface area contributed by atoms with Crippen molar-refractivity contribution in [2.45, 2.75) is 25.9 Å². The number of allylic oxidation sites excluding steroid dienone is 5. The molecule has 0 saturated heterocycles. The molecule has 1 N–H and O–H groups in total. The molecule has 4 nitrogen and oxygen atoms in total. The van der Waals surface area contributed by atoms with E-state index >= 15 is 0 Å². The van der Waals surface area contributed by atoms with Crippen LogP contribution in [0.2, 0.25) is 0 Å². The molecule has 0 fully saturated rings. The van der Waals surface area contributed by atoms with Crippen molar-refractivity contribution in [1.29, 1.82) is 0 Å². The summed E-state index contributed by atoms with van der Waals surface area (Å²) in [6, 6.07) is 0. The van der Waals surface area contributed by atoms with Gasteiger partial charge in [0.25, 0.3) is 0 Å². The van der Waals surface area contributed by atoms with Gasteiger partial charge in [0.05, 0.1) is 0 Å². The first kappa shape index (κ1) is 12.2. The van der Waals surface area contributed by atoms with Gasteiger partial charge in [-0.25, -0.2) is 9.59 Å². The smallest absolute Gasteiger partial charge is 0.344 e. The molecule has 0 aliphatic heterocycles. The quantitative estimate of drug-likeness (QED) is 0.582. The molecule has 1 aliphatic carbocycles. The molecule has 1 unspecified atom stereocenters. The lowest BCUT2D eigenvalue weighted by molar-refractivity contribution is -0.159. The number of carboxylic acids is 1. The Morgan fingerprint density at radius 1 is 1.50 bits per heavy atom. The Morgan fingerprint density at radius 3 is 2.81 bits per heavy atom. The van der Waals surface area contributed by atoms with Gasteiger partial charge in [0, 0.05) is 6.08 Å². The number of carbonyl (C=O) groups excluding carboxylic acids is 1. The van der Waals surface area contributed by atoms with Crippen LogP contribution in [0.4, 0.5) is 0 Å². The molecule has 0 radical (unpaired) electrons. The minimum Gasteiger partial charge on any atom is -0.479 e. The normalized spacial score (nSPS) is 16.9. The SMILES string of the molecule is CC(OC(=O)/C=C/C1=CCCC=C1)C(=O)O. The van der Waals surface area contributed by atoms with E-state index in [2.05, 4.69) is 4.74 Å². The summed E-state index contributed by atoms with van der Waals surface area (Å²) in [4.78, 5) is 21.6. The lowest BCUT2D eigenvalue weighted by Crippen LogP contribution is -2.22. The standard InChI is InChI=1S/C12H14O4/c1-9(12(14)15)16-11(13)8-7-10-5-3-2-4-6-10/h3,5-9H,2,4H2,1H3,(H,14,15)/b8-7+. The van der Waals surface area contributed by atoms with Crippen LogP contribution in [0.5, 0.6) is 0 Å². The lowest BCUT2D eigenvalue weighted by Gasteiger charge is -2.06. The average Bonchev–Trinajstić information content (AvgIpc) is 2.27. The summed E-state index contributed by atoms with van der Waals surface area (Å²) < 4.78 is 4.63. The Hall–Kier alpha value is -1.84. The van der Waals surface area contributed by atoms with E-state index in [1.807, 2.05) is 18.2 Å². The van der Waals surface area contributed by atoms with Crippen molar-refractivity contribution in [3.8, 4) is 0 Å². The molecule has 0 aromatic heterocycles. The van der Waals surface area contributed by atoms with Gasteiger partial charge in [-0.15, -0.1) is 0 Å². The minimum absolute atomic E-state index is 0.644. The van der Waals surface area contributed by atoms with Crippen molar-refractivity contribution in [2.75, 3.05) is 0 Å². The number of ether oxygens (including phenoxy) is 1. The van der Waals surface area contributed by atoms with Crippen LogP contribution in [0.3, 0.4) is 0 Å². The summed E-state index contributed by atoms with van der Waals surface area (Å²) in [6.45, 7) is 1.31. The van der Waals surface area contributed by atoms with E-state index in [9.17, 15) is 9.59 Å². The van der Waals surface area contributed by atoms with Crippen LogP contribution >= 0.6 is 0 Å². The predicted octanol–water partition coefficient (Wildman–Crippen LogP) is 1.84. The number of hydrogen-bond acceptors (Lipinski definition) is 3. The molecule has 0 heterocycles. The average molecular weight is 222 g/mol. The van der Waals surface area contributed by atoms with Crippen LogP contribution in [-0.2, 0) is 14.3 Å². The molecule has 4 heteroatoms. The Balaban J connectivity index is 2.45. The van der Waals surface area contributed by atoms with E-state index in [1.165, 1.54) is 13.0 Å². The Kier molecular flexibility index (Phi) is 4.51. The van der Waals surface area contributed by atoms with Crippen molar-refractivity contribution in [3.63, 3.8) is 0 Å². The molecule has 0 saturated carbocycles. The largest absolute Gasteiger partial charge is 0.479 e. The molecule has 86 valence electrons. The number of carboxylic acid groups (broad SMARTS) is 1. The monoisotopic (exact) mass is 222 g/mol. The predicted molar refractivity (Wildman–Crippen MR) is 58.8 cm³/mol. The van der Waals surface area contributed by atoms with Crippen LogP contribution < -0.4 is 0 Å². The fourth-order valence-corrected chi connectivity index (χ4v) is 1.19. The summed E-state index contributed by atoms with van der Waals surface area (Å²) in [7, 11) is 0. The van der Waals surface area contributed by atoms with Crippen LogP contribution in [0.1, 0.15) is 19.8 Å². The van der Waals surface area contributed by atoms with Crippen LogP contribution in [0.15, 0.2) is 36.0 Å². The zero-order valence-corrected chi connectivity index (χ0v) is 9.05. The van der Waals surface area contributed by atoms with Gasteiger partial charge in [-0.3, -0.25) is 0 Å². The fourth-order valence-electron chi connectivity index (χ4n) is 1.19. The van der Waals surface area contributed by atoms with E-state index in [4.69, 9.17) is 5.11 Å². The number of aliphatic carboxylic acids is 1. The van der Waals surface area contributed by atoms with Crippen molar-refractivity contribution in [1.82, 2.24) is 0 Å².